The third-order valence-corrected chi connectivity index (χ3v) is 6.35. The Labute approximate surface area is 116 Å². The molecule has 0 radical (unpaired) electrons. The summed E-state index contributed by atoms with van der Waals surface area (Å²) < 4.78 is 0. The number of nitrogens with zero attached hydrogens (tertiary/aromatic N) is 1. The van der Waals surface area contributed by atoms with Gasteiger partial charge in [0.15, 0.2) is 0 Å². The van der Waals surface area contributed by atoms with E-state index in [4.69, 9.17) is 0 Å². The molecule has 0 N–H and O–H groups in total. The van der Waals surface area contributed by atoms with Crippen molar-refractivity contribution in [3.8, 4) is 6.07 Å². The van der Waals surface area contributed by atoms with Crippen LogP contribution < -0.4 is 0 Å². The second-order valence-electron chi connectivity index (χ2n) is 7.39. The average molecular weight is 253 g/mol. The Morgan fingerprint density at radius 1 is 1.05 bits per heavy atom. The van der Waals surface area contributed by atoms with Crippen molar-refractivity contribution in [2.24, 2.45) is 35.0 Å². The summed E-state index contributed by atoms with van der Waals surface area (Å²) in [5.41, 5.74) is 0.00682. The molecule has 6 atom stereocenters. The minimum atomic E-state index is 0.00682. The highest BCUT2D eigenvalue weighted by Crippen LogP contribution is 2.55. The van der Waals surface area contributed by atoms with Crippen LogP contribution >= 0.6 is 0 Å². The van der Waals surface area contributed by atoms with Crippen LogP contribution in [0.3, 0.4) is 0 Å². The molecule has 0 spiro atoms. The normalized spacial score (nSPS) is 49.1. The first-order valence-corrected chi connectivity index (χ1v) is 8.07. The second-order valence-corrected chi connectivity index (χ2v) is 7.39. The first kappa shape index (κ1) is 11.8. The summed E-state index contributed by atoms with van der Waals surface area (Å²) >= 11 is 0. The minimum absolute atomic E-state index is 0.00682. The topological polar surface area (TPSA) is 23.8 Å². The van der Waals surface area contributed by atoms with Gasteiger partial charge in [-0.3, -0.25) is 0 Å². The summed E-state index contributed by atoms with van der Waals surface area (Å²) in [6.45, 7) is 0. The quantitative estimate of drug-likeness (QED) is 0.678. The predicted molar refractivity (Wildman–Crippen MR) is 76.1 cm³/mol. The lowest BCUT2D eigenvalue weighted by molar-refractivity contribution is 0.273. The zero-order valence-corrected chi connectivity index (χ0v) is 11.6. The number of allylic oxidation sites excluding steroid dienone is 4. The van der Waals surface area contributed by atoms with Gasteiger partial charge in [-0.1, -0.05) is 30.7 Å². The van der Waals surface area contributed by atoms with Gasteiger partial charge in [-0.15, -0.1) is 0 Å². The van der Waals surface area contributed by atoms with Gasteiger partial charge in [0.05, 0.1) is 11.5 Å². The lowest BCUT2D eigenvalue weighted by Crippen LogP contribution is -2.24. The van der Waals surface area contributed by atoms with E-state index in [-0.39, 0.29) is 5.41 Å². The number of hydrogen-bond donors (Lipinski definition) is 0. The molecule has 0 aromatic rings. The summed E-state index contributed by atoms with van der Waals surface area (Å²) in [4.78, 5) is 0. The molecular weight excluding hydrogens is 230 g/mol. The summed E-state index contributed by atoms with van der Waals surface area (Å²) in [7, 11) is 0. The van der Waals surface area contributed by atoms with Crippen molar-refractivity contribution in [2.75, 3.05) is 0 Å². The number of fused-ring (bicyclic) bond motifs is 4. The lowest BCUT2D eigenvalue weighted by atomic mass is 9.72. The third kappa shape index (κ3) is 1.80. The summed E-state index contributed by atoms with van der Waals surface area (Å²) in [6.07, 6.45) is 18.6. The van der Waals surface area contributed by atoms with Gasteiger partial charge >= 0.3 is 0 Å². The predicted octanol–water partition coefficient (Wildman–Crippen LogP) is 4.47. The molecule has 4 aliphatic rings. The summed E-state index contributed by atoms with van der Waals surface area (Å²) in [5.74, 6) is 3.99. The molecule has 4 aliphatic carbocycles. The maximum Gasteiger partial charge on any atom is 0.0696 e. The van der Waals surface area contributed by atoms with E-state index in [1.807, 2.05) is 0 Å². The third-order valence-electron chi connectivity index (χ3n) is 6.35. The van der Waals surface area contributed by atoms with E-state index >= 15 is 0 Å². The fourth-order valence-corrected chi connectivity index (χ4v) is 5.33. The molecule has 0 aromatic carbocycles. The van der Waals surface area contributed by atoms with Gasteiger partial charge in [0.25, 0.3) is 0 Å². The lowest BCUT2D eigenvalue weighted by Gasteiger charge is -2.29. The van der Waals surface area contributed by atoms with Crippen LogP contribution in [0.15, 0.2) is 24.3 Å². The van der Waals surface area contributed by atoms with Crippen molar-refractivity contribution in [2.45, 2.75) is 44.9 Å². The van der Waals surface area contributed by atoms with E-state index in [9.17, 15) is 5.26 Å². The highest BCUT2D eigenvalue weighted by Gasteiger charge is 2.48. The SMILES string of the molecule is N#C[C@]1(CCCC2CC3C=CC2C3)CC2C=CC1C2. The molecule has 1 heteroatoms. The van der Waals surface area contributed by atoms with Crippen LogP contribution in [-0.2, 0) is 0 Å². The van der Waals surface area contributed by atoms with Gasteiger partial charge in [0.2, 0.25) is 0 Å². The Kier molecular flexibility index (Phi) is 2.62. The van der Waals surface area contributed by atoms with Crippen LogP contribution in [0.4, 0.5) is 0 Å². The van der Waals surface area contributed by atoms with Gasteiger partial charge in [0.1, 0.15) is 0 Å². The Morgan fingerprint density at radius 3 is 2.53 bits per heavy atom. The molecule has 19 heavy (non-hydrogen) atoms. The monoisotopic (exact) mass is 253 g/mol. The standard InChI is InChI=1S/C18H23N/c19-12-18(11-14-4-6-17(18)10-14)7-1-2-15-8-13-3-5-16(15)9-13/h3-6,13-17H,1-2,7-11H2/t13?,14?,15?,16?,17?,18-/m0/s1. The molecule has 1 nitrogen and oxygen atoms in total. The fraction of sp³-hybridized carbons (Fsp3) is 0.722. The van der Waals surface area contributed by atoms with Crippen LogP contribution in [-0.4, -0.2) is 0 Å². The molecule has 4 bridgehead atoms. The van der Waals surface area contributed by atoms with Crippen molar-refractivity contribution in [1.29, 1.82) is 5.26 Å². The van der Waals surface area contributed by atoms with Crippen LogP contribution in [0.2, 0.25) is 0 Å². The van der Waals surface area contributed by atoms with Gasteiger partial charge in [-0.25, -0.2) is 0 Å². The van der Waals surface area contributed by atoms with Crippen molar-refractivity contribution in [3.63, 3.8) is 0 Å². The van der Waals surface area contributed by atoms with Crippen LogP contribution in [0.25, 0.3) is 0 Å². The van der Waals surface area contributed by atoms with E-state index in [1.54, 1.807) is 0 Å². The van der Waals surface area contributed by atoms with Crippen molar-refractivity contribution in [3.05, 3.63) is 24.3 Å². The van der Waals surface area contributed by atoms with Crippen LogP contribution in [0.5, 0.6) is 0 Å². The molecule has 0 amide bonds. The minimum Gasteiger partial charge on any atom is -0.198 e. The van der Waals surface area contributed by atoms with Crippen molar-refractivity contribution < 1.29 is 0 Å². The fourth-order valence-electron chi connectivity index (χ4n) is 5.33. The smallest absolute Gasteiger partial charge is 0.0696 e. The van der Waals surface area contributed by atoms with Crippen molar-refractivity contribution in [1.82, 2.24) is 0 Å². The van der Waals surface area contributed by atoms with Gasteiger partial charge < -0.3 is 0 Å². The second kappa shape index (κ2) is 4.23. The van der Waals surface area contributed by atoms with E-state index in [0.717, 1.165) is 36.5 Å². The Morgan fingerprint density at radius 2 is 1.95 bits per heavy atom. The molecule has 2 saturated carbocycles. The van der Waals surface area contributed by atoms with Gasteiger partial charge in [0, 0.05) is 0 Å². The maximum atomic E-state index is 9.64. The molecule has 0 saturated heterocycles. The molecular formula is C18H23N. The highest BCUT2D eigenvalue weighted by molar-refractivity contribution is 5.22. The largest absolute Gasteiger partial charge is 0.198 e. The Bertz CT molecular complexity index is 469. The molecule has 100 valence electrons. The summed E-state index contributed by atoms with van der Waals surface area (Å²) in [5, 5.41) is 9.64. The number of hydrogen-bond acceptors (Lipinski definition) is 1. The highest BCUT2D eigenvalue weighted by atomic mass is 14.5. The zero-order chi connectivity index (χ0) is 12.9. The zero-order valence-electron chi connectivity index (χ0n) is 11.6. The molecule has 2 fully saturated rings. The molecule has 0 aliphatic heterocycles. The van der Waals surface area contributed by atoms with Gasteiger partial charge in [-0.05, 0) is 68.1 Å². The molecule has 0 heterocycles. The average Bonchev–Trinajstić information content (AvgIpc) is 3.18. The molecule has 0 aromatic heterocycles. The van der Waals surface area contributed by atoms with Crippen LogP contribution in [0, 0.1) is 46.3 Å². The first-order chi connectivity index (χ1) is 9.29. The first-order valence-electron chi connectivity index (χ1n) is 8.07. The van der Waals surface area contributed by atoms with Crippen molar-refractivity contribution >= 4 is 0 Å². The molecule has 4 rings (SSSR count). The van der Waals surface area contributed by atoms with Crippen LogP contribution in [0.1, 0.15) is 44.9 Å². The number of rotatable bonds is 4. The van der Waals surface area contributed by atoms with E-state index < -0.39 is 0 Å². The van der Waals surface area contributed by atoms with Gasteiger partial charge in [-0.2, -0.15) is 5.26 Å². The van der Waals surface area contributed by atoms with E-state index in [1.165, 1.54) is 32.1 Å². The van der Waals surface area contributed by atoms with E-state index in [0.29, 0.717) is 5.92 Å². The number of nitriles is 1. The Hall–Kier alpha value is -1.03. The summed E-state index contributed by atoms with van der Waals surface area (Å²) in [6, 6.07) is 2.70. The molecule has 5 unspecified atom stereocenters. The maximum absolute atomic E-state index is 9.64. The Balaban J connectivity index is 1.34. The van der Waals surface area contributed by atoms with E-state index in [2.05, 4.69) is 30.4 Å².